The number of anilines is 1. The molecule has 1 saturated heterocycles. The summed E-state index contributed by atoms with van der Waals surface area (Å²) in [5, 5.41) is 2.55. The van der Waals surface area contributed by atoms with Gasteiger partial charge in [-0.3, -0.25) is 19.7 Å². The fraction of sp³-hybridized carbons (Fsp3) is 0.261. The molecule has 1 aliphatic heterocycles. The van der Waals surface area contributed by atoms with Crippen LogP contribution in [0, 0.1) is 0 Å². The van der Waals surface area contributed by atoms with E-state index >= 15 is 0 Å². The van der Waals surface area contributed by atoms with Gasteiger partial charge in [-0.15, -0.1) is 0 Å². The lowest BCUT2D eigenvalue weighted by atomic mass is 10.1. The number of piperidine rings is 1. The molecule has 3 heterocycles. The monoisotopic (exact) mass is 392 g/mol. The van der Waals surface area contributed by atoms with Crippen molar-refractivity contribution in [1.82, 2.24) is 14.9 Å². The second kappa shape index (κ2) is 11.6. The summed E-state index contributed by atoms with van der Waals surface area (Å²) >= 11 is 0. The molecule has 1 fully saturated rings. The van der Waals surface area contributed by atoms with Gasteiger partial charge in [0, 0.05) is 32.2 Å². The molecule has 1 N–H and O–H groups in total. The highest BCUT2D eigenvalue weighted by molar-refractivity contribution is 5.71. The molecule has 3 aromatic rings. The van der Waals surface area contributed by atoms with Crippen molar-refractivity contribution in [3.8, 4) is 11.5 Å². The van der Waals surface area contributed by atoms with Crippen LogP contribution in [0.25, 0.3) is 0 Å². The molecule has 152 valence electrons. The van der Waals surface area contributed by atoms with E-state index in [2.05, 4.69) is 32.3 Å². The van der Waals surface area contributed by atoms with E-state index in [0.717, 1.165) is 12.2 Å². The highest BCUT2D eigenvalue weighted by Crippen LogP contribution is 2.21. The van der Waals surface area contributed by atoms with Crippen molar-refractivity contribution in [2.45, 2.75) is 25.8 Å². The van der Waals surface area contributed by atoms with Crippen molar-refractivity contribution in [3.05, 3.63) is 78.9 Å². The molecule has 1 amide bonds. The zero-order valence-electron chi connectivity index (χ0n) is 16.4. The number of hydrogen-bond donors (Lipinski definition) is 1. The van der Waals surface area contributed by atoms with E-state index in [1.54, 1.807) is 42.7 Å². The zero-order chi connectivity index (χ0) is 20.2. The molecular formula is C23H28N4O2. The van der Waals surface area contributed by atoms with Crippen LogP contribution in [0.2, 0.25) is 0 Å². The van der Waals surface area contributed by atoms with E-state index in [-0.39, 0.29) is 1.43 Å². The fourth-order valence-corrected chi connectivity index (χ4v) is 3.09. The minimum absolute atomic E-state index is 0. The van der Waals surface area contributed by atoms with Crippen LogP contribution in [0.3, 0.4) is 0 Å². The molecule has 6 nitrogen and oxygen atoms in total. The van der Waals surface area contributed by atoms with Gasteiger partial charge in [-0.2, -0.15) is 0 Å². The predicted octanol–water partition coefficient (Wildman–Crippen LogP) is 4.76. The number of likely N-dealkylation sites (tertiary alicyclic amines) is 1. The molecule has 0 aliphatic carbocycles. The van der Waals surface area contributed by atoms with Crippen LogP contribution in [0.1, 0.15) is 26.3 Å². The third kappa shape index (κ3) is 7.35. The molecule has 6 heteroatoms. The summed E-state index contributed by atoms with van der Waals surface area (Å²) in [4.78, 5) is 20.7. The number of aromatic nitrogens is 2. The number of carbonyl (C=O) groups excluding carboxylic acids is 1. The molecule has 29 heavy (non-hydrogen) atoms. The van der Waals surface area contributed by atoms with Crippen molar-refractivity contribution in [2.24, 2.45) is 0 Å². The zero-order valence-corrected chi connectivity index (χ0v) is 16.4. The molecule has 0 atom stereocenters. The number of pyridine rings is 2. The van der Waals surface area contributed by atoms with E-state index in [9.17, 15) is 4.79 Å². The average molecular weight is 393 g/mol. The van der Waals surface area contributed by atoms with Crippen molar-refractivity contribution in [2.75, 3.05) is 18.4 Å². The average Bonchev–Trinajstić information content (AvgIpc) is 2.78. The van der Waals surface area contributed by atoms with Crippen LogP contribution >= 0.6 is 0 Å². The minimum atomic E-state index is 0. The first-order valence-corrected chi connectivity index (χ1v) is 9.83. The van der Waals surface area contributed by atoms with Crippen LogP contribution in [-0.4, -0.2) is 34.4 Å². The summed E-state index contributed by atoms with van der Waals surface area (Å²) in [6, 6.07) is 14.9. The van der Waals surface area contributed by atoms with Crippen molar-refractivity contribution in [3.63, 3.8) is 0 Å². The summed E-state index contributed by atoms with van der Waals surface area (Å²) in [6.45, 7) is 3.63. The summed E-state index contributed by atoms with van der Waals surface area (Å²) in [7, 11) is 0. The summed E-state index contributed by atoms with van der Waals surface area (Å²) in [6.07, 6.45) is 11.8. The SMILES string of the molecule is O=CNc1ccc(Oc2cccnc2)cc1.[HH].c1cc(CN2CCCCC2)ccn1. The van der Waals surface area contributed by atoms with Crippen molar-refractivity contribution < 1.29 is 11.0 Å². The normalized spacial score (nSPS) is 13.7. The van der Waals surface area contributed by atoms with E-state index in [0.29, 0.717) is 17.9 Å². The number of ether oxygens (including phenoxy) is 1. The Kier molecular flexibility index (Phi) is 8.17. The predicted molar refractivity (Wildman–Crippen MR) is 116 cm³/mol. The van der Waals surface area contributed by atoms with E-state index in [4.69, 9.17) is 4.74 Å². The Morgan fingerprint density at radius 3 is 2.34 bits per heavy atom. The third-order valence-corrected chi connectivity index (χ3v) is 4.55. The van der Waals surface area contributed by atoms with Gasteiger partial charge < -0.3 is 10.1 Å². The van der Waals surface area contributed by atoms with Crippen LogP contribution in [-0.2, 0) is 11.3 Å². The lowest BCUT2D eigenvalue weighted by Crippen LogP contribution is -2.29. The van der Waals surface area contributed by atoms with Gasteiger partial charge in [0.1, 0.15) is 11.5 Å². The highest BCUT2D eigenvalue weighted by Gasteiger charge is 2.09. The molecule has 1 aliphatic rings. The van der Waals surface area contributed by atoms with E-state index < -0.39 is 0 Å². The second-order valence-electron chi connectivity index (χ2n) is 6.77. The number of nitrogens with one attached hydrogen (secondary N) is 1. The van der Waals surface area contributed by atoms with Gasteiger partial charge in [0.15, 0.2) is 0 Å². The van der Waals surface area contributed by atoms with Gasteiger partial charge >= 0.3 is 0 Å². The van der Waals surface area contributed by atoms with Crippen LogP contribution in [0.5, 0.6) is 11.5 Å². The summed E-state index contributed by atoms with van der Waals surface area (Å²) < 4.78 is 5.53. The Bertz CT molecular complexity index is 842. The minimum Gasteiger partial charge on any atom is -0.456 e. The Labute approximate surface area is 173 Å². The van der Waals surface area contributed by atoms with Gasteiger partial charge in [-0.25, -0.2) is 0 Å². The summed E-state index contributed by atoms with van der Waals surface area (Å²) in [5.41, 5.74) is 2.12. The first kappa shape index (κ1) is 20.5. The molecular weight excluding hydrogens is 364 g/mol. The Morgan fingerprint density at radius 1 is 0.931 bits per heavy atom. The second-order valence-corrected chi connectivity index (χ2v) is 6.77. The van der Waals surface area contributed by atoms with E-state index in [1.807, 2.05) is 18.5 Å². The summed E-state index contributed by atoms with van der Waals surface area (Å²) in [5.74, 6) is 1.38. The Morgan fingerprint density at radius 2 is 1.69 bits per heavy atom. The molecule has 0 saturated carbocycles. The number of amides is 1. The molecule has 0 spiro atoms. The third-order valence-electron chi connectivity index (χ3n) is 4.55. The number of nitrogens with zero attached hydrogens (tertiary/aromatic N) is 3. The van der Waals surface area contributed by atoms with Crippen LogP contribution in [0.4, 0.5) is 5.69 Å². The van der Waals surface area contributed by atoms with Gasteiger partial charge in [-0.1, -0.05) is 6.42 Å². The maximum Gasteiger partial charge on any atom is 0.211 e. The van der Waals surface area contributed by atoms with E-state index in [1.165, 1.54) is 37.9 Å². The van der Waals surface area contributed by atoms with Crippen LogP contribution in [0.15, 0.2) is 73.3 Å². The molecule has 2 aromatic heterocycles. The maximum absolute atomic E-state index is 10.2. The van der Waals surface area contributed by atoms with Gasteiger partial charge in [-0.05, 0) is 80.0 Å². The molecule has 4 rings (SSSR count). The Hall–Kier alpha value is -3.25. The molecule has 0 radical (unpaired) electrons. The standard InChI is InChI=1S/C12H10N2O2.C11H16N2.H2/c15-9-14-10-3-5-11(6-4-10)16-12-2-1-7-13-8-12;1-2-8-13(9-3-1)10-11-4-6-12-7-5-11;/h1-9H,(H,14,15);4-7H,1-3,8-10H2;1H. The first-order valence-electron chi connectivity index (χ1n) is 9.83. The molecule has 1 aromatic carbocycles. The lowest BCUT2D eigenvalue weighted by Gasteiger charge is -2.26. The van der Waals surface area contributed by atoms with Gasteiger partial charge in [0.25, 0.3) is 0 Å². The smallest absolute Gasteiger partial charge is 0.211 e. The number of carbonyl (C=O) groups is 1. The van der Waals surface area contributed by atoms with Gasteiger partial charge in [0.05, 0.1) is 6.20 Å². The van der Waals surface area contributed by atoms with Gasteiger partial charge in [0.2, 0.25) is 6.41 Å². The number of hydrogen-bond acceptors (Lipinski definition) is 5. The van der Waals surface area contributed by atoms with Crippen molar-refractivity contribution >= 4 is 12.1 Å². The first-order chi connectivity index (χ1) is 14.3. The van der Waals surface area contributed by atoms with Crippen LogP contribution < -0.4 is 10.1 Å². The quantitative estimate of drug-likeness (QED) is 0.613. The topological polar surface area (TPSA) is 67.3 Å². The maximum atomic E-state index is 10.2. The fourth-order valence-electron chi connectivity index (χ4n) is 3.09. The lowest BCUT2D eigenvalue weighted by molar-refractivity contribution is -0.105. The van der Waals surface area contributed by atoms with Crippen molar-refractivity contribution in [1.29, 1.82) is 0 Å². The molecule has 0 bridgehead atoms. The largest absolute Gasteiger partial charge is 0.456 e. The Balaban J connectivity index is 0.000000211. The number of rotatable bonds is 6. The highest BCUT2D eigenvalue weighted by atomic mass is 16.5. The molecule has 0 unspecified atom stereocenters. The number of benzene rings is 1.